The van der Waals surface area contributed by atoms with Crippen LogP contribution in [0.2, 0.25) is 25.7 Å². The van der Waals surface area contributed by atoms with Crippen molar-refractivity contribution in [1.82, 2.24) is 0 Å². The van der Waals surface area contributed by atoms with Crippen LogP contribution in [-0.2, 0) is 12.8 Å². The van der Waals surface area contributed by atoms with E-state index < -0.39 is 8.07 Å². The van der Waals surface area contributed by atoms with Gasteiger partial charge in [0.1, 0.15) is 0 Å². The summed E-state index contributed by atoms with van der Waals surface area (Å²) in [7, 11) is -1.03. The smallest absolute Gasteiger partial charge is 0.210 e. The minimum atomic E-state index is -1.03. The molecule has 0 bridgehead atoms. The molecule has 0 aromatic heterocycles. The number of nitrogens with zero attached hydrogens (tertiary/aromatic N) is 2. The number of aryl methyl sites for hydroxylation is 2. The fourth-order valence-corrected chi connectivity index (χ4v) is 4.92. The molecule has 1 aliphatic rings. The van der Waals surface area contributed by atoms with E-state index in [9.17, 15) is 5.53 Å². The fraction of sp³-hybridized carbons (Fsp3) is 0.407. The number of allylic oxidation sites excluding steroid dienone is 2. The summed E-state index contributed by atoms with van der Waals surface area (Å²) in [6, 6.07) is 18.7. The molecule has 0 N–H and O–H groups in total. The van der Waals surface area contributed by atoms with Gasteiger partial charge in [-0.2, -0.15) is 0 Å². The molecule has 158 valence electrons. The molecular formula is C27H36N2Si. The quantitative estimate of drug-likeness (QED) is 0.291. The van der Waals surface area contributed by atoms with E-state index in [-0.39, 0.29) is 0 Å². The lowest BCUT2D eigenvalue weighted by atomic mass is 10.0. The standard InChI is InChI=1S/C27H36N2Si/c1-6-8-9-25-20-26(23-14-12-22(13-15-23)18-19-30(3,4)5)29(28)27(25)24-16-10-21(7-2)11-17-24/h10-17,20H,6-9,18-19H2,1-5H3. The lowest BCUT2D eigenvalue weighted by Gasteiger charge is -2.15. The van der Waals surface area contributed by atoms with Crippen molar-refractivity contribution in [2.45, 2.75) is 71.6 Å². The molecule has 0 aliphatic carbocycles. The number of hydrogen-bond acceptors (Lipinski definition) is 0. The molecule has 2 aromatic rings. The average Bonchev–Trinajstić information content (AvgIpc) is 3.06. The highest BCUT2D eigenvalue weighted by molar-refractivity contribution is 6.76. The van der Waals surface area contributed by atoms with E-state index in [4.69, 9.17) is 0 Å². The van der Waals surface area contributed by atoms with Crippen molar-refractivity contribution >= 4 is 19.5 Å². The average molecular weight is 417 g/mol. The molecule has 0 saturated heterocycles. The Balaban J connectivity index is 1.85. The van der Waals surface area contributed by atoms with E-state index in [0.717, 1.165) is 54.6 Å². The summed E-state index contributed by atoms with van der Waals surface area (Å²) >= 11 is 0. The Morgan fingerprint density at radius 2 is 1.40 bits per heavy atom. The van der Waals surface area contributed by atoms with Crippen molar-refractivity contribution in [3.05, 3.63) is 88.0 Å². The molecule has 0 fully saturated rings. The summed E-state index contributed by atoms with van der Waals surface area (Å²) in [4.78, 5) is 0. The molecule has 0 atom stereocenters. The second-order valence-electron chi connectivity index (χ2n) is 9.63. The first kappa shape index (κ1) is 22.4. The van der Waals surface area contributed by atoms with Gasteiger partial charge in [0.05, 0.1) is 0 Å². The largest absolute Gasteiger partial charge is 0.493 e. The van der Waals surface area contributed by atoms with Gasteiger partial charge in [0.15, 0.2) is 0 Å². The van der Waals surface area contributed by atoms with Crippen LogP contribution < -0.4 is 0 Å². The predicted molar refractivity (Wildman–Crippen MR) is 132 cm³/mol. The van der Waals surface area contributed by atoms with Crippen LogP contribution in [0.1, 0.15) is 55.4 Å². The third-order valence-corrected chi connectivity index (χ3v) is 7.65. The van der Waals surface area contributed by atoms with Gasteiger partial charge in [-0.05, 0) is 61.1 Å². The Bertz CT molecular complexity index is 942. The fourth-order valence-electron chi connectivity index (χ4n) is 3.88. The second kappa shape index (κ2) is 9.70. The van der Waals surface area contributed by atoms with Crippen LogP contribution >= 0.6 is 0 Å². The predicted octanol–water partition coefficient (Wildman–Crippen LogP) is 8.12. The Labute approximate surface area is 183 Å². The van der Waals surface area contributed by atoms with Crippen molar-refractivity contribution in [2.24, 2.45) is 0 Å². The number of benzene rings is 2. The van der Waals surface area contributed by atoms with Gasteiger partial charge in [-0.15, -0.1) is 0 Å². The van der Waals surface area contributed by atoms with Crippen molar-refractivity contribution in [1.29, 1.82) is 0 Å². The minimum Gasteiger partial charge on any atom is -0.493 e. The van der Waals surface area contributed by atoms with Gasteiger partial charge in [0, 0.05) is 30.8 Å². The summed E-state index contributed by atoms with van der Waals surface area (Å²) in [6.07, 6.45) is 7.60. The molecule has 3 rings (SSSR count). The molecule has 0 saturated carbocycles. The Morgan fingerprint density at radius 1 is 0.800 bits per heavy atom. The Hall–Kier alpha value is -2.26. The summed E-state index contributed by atoms with van der Waals surface area (Å²) in [5, 5.41) is 0. The molecule has 1 heterocycles. The second-order valence-corrected chi connectivity index (χ2v) is 15.2. The third-order valence-electron chi connectivity index (χ3n) is 5.90. The SMILES string of the molecule is CCCCC1=C(c2ccc(CC)cc2)[N+](=[N-])C(c2ccc(CC[Si](C)(C)C)cc2)=C1. The normalized spacial score (nSPS) is 14.4. The lowest BCUT2D eigenvalue weighted by Crippen LogP contribution is -2.19. The monoisotopic (exact) mass is 416 g/mol. The summed E-state index contributed by atoms with van der Waals surface area (Å²) in [6.45, 7) is 11.7. The molecule has 0 amide bonds. The number of hydrogen-bond donors (Lipinski definition) is 0. The number of rotatable bonds is 9. The zero-order valence-electron chi connectivity index (χ0n) is 19.3. The summed E-state index contributed by atoms with van der Waals surface area (Å²) < 4.78 is 1.41. The molecule has 0 radical (unpaired) electrons. The van der Waals surface area contributed by atoms with Crippen molar-refractivity contribution in [2.75, 3.05) is 0 Å². The van der Waals surface area contributed by atoms with Gasteiger partial charge in [0.25, 0.3) is 0 Å². The van der Waals surface area contributed by atoms with Gasteiger partial charge >= 0.3 is 0 Å². The van der Waals surface area contributed by atoms with Crippen LogP contribution in [0.4, 0.5) is 0 Å². The van der Waals surface area contributed by atoms with Crippen LogP contribution in [0.5, 0.6) is 0 Å². The van der Waals surface area contributed by atoms with Gasteiger partial charge < -0.3 is 5.53 Å². The van der Waals surface area contributed by atoms with Crippen LogP contribution in [0.15, 0.2) is 60.2 Å². The zero-order valence-corrected chi connectivity index (χ0v) is 20.3. The maximum Gasteiger partial charge on any atom is 0.210 e. The van der Waals surface area contributed by atoms with E-state index in [1.165, 1.54) is 27.4 Å². The van der Waals surface area contributed by atoms with Crippen molar-refractivity contribution in [3.8, 4) is 0 Å². The Kier molecular flexibility index (Phi) is 7.25. The van der Waals surface area contributed by atoms with Crippen molar-refractivity contribution in [3.63, 3.8) is 0 Å². The summed E-state index contributed by atoms with van der Waals surface area (Å²) in [5.74, 6) is 0. The third kappa shape index (κ3) is 5.45. The highest BCUT2D eigenvalue weighted by Gasteiger charge is 2.28. The van der Waals surface area contributed by atoms with E-state index >= 15 is 0 Å². The molecular weight excluding hydrogens is 380 g/mol. The number of unbranched alkanes of at least 4 members (excludes halogenated alkanes) is 1. The van der Waals surface area contributed by atoms with Gasteiger partial charge in [-0.1, -0.05) is 70.2 Å². The van der Waals surface area contributed by atoms with Gasteiger partial charge in [-0.25, -0.2) is 4.70 Å². The zero-order chi connectivity index (χ0) is 21.7. The van der Waals surface area contributed by atoms with E-state index in [1.807, 2.05) is 0 Å². The van der Waals surface area contributed by atoms with Gasteiger partial charge in [0.2, 0.25) is 11.4 Å². The van der Waals surface area contributed by atoms with Crippen LogP contribution in [0, 0.1) is 0 Å². The van der Waals surface area contributed by atoms with E-state index in [2.05, 4.69) is 88.1 Å². The van der Waals surface area contributed by atoms with E-state index in [1.54, 1.807) is 0 Å². The maximum atomic E-state index is 11.1. The molecule has 2 aromatic carbocycles. The molecule has 0 unspecified atom stereocenters. The van der Waals surface area contributed by atoms with E-state index in [0.29, 0.717) is 0 Å². The first-order chi connectivity index (χ1) is 14.3. The molecule has 2 nitrogen and oxygen atoms in total. The Morgan fingerprint density at radius 3 is 1.97 bits per heavy atom. The molecule has 3 heteroatoms. The molecule has 30 heavy (non-hydrogen) atoms. The van der Waals surface area contributed by atoms with Crippen LogP contribution in [-0.4, -0.2) is 12.8 Å². The molecule has 0 spiro atoms. The minimum absolute atomic E-state index is 0.882. The van der Waals surface area contributed by atoms with Crippen LogP contribution in [0.3, 0.4) is 0 Å². The van der Waals surface area contributed by atoms with Crippen molar-refractivity contribution < 1.29 is 4.70 Å². The maximum absolute atomic E-state index is 11.1. The first-order valence-electron chi connectivity index (χ1n) is 11.4. The molecule has 1 aliphatic heterocycles. The lowest BCUT2D eigenvalue weighted by molar-refractivity contribution is -0.344. The highest BCUT2D eigenvalue weighted by Crippen LogP contribution is 2.37. The van der Waals surface area contributed by atoms with Crippen LogP contribution in [0.25, 0.3) is 16.9 Å². The summed E-state index contributed by atoms with van der Waals surface area (Å²) in [5.41, 5.74) is 19.0. The first-order valence-corrected chi connectivity index (χ1v) is 15.2. The highest BCUT2D eigenvalue weighted by atomic mass is 28.3. The topological polar surface area (TPSA) is 25.3 Å². The van der Waals surface area contributed by atoms with Gasteiger partial charge in [-0.3, -0.25) is 0 Å².